The highest BCUT2D eigenvalue weighted by Crippen LogP contribution is 2.29. The zero-order valence-electron chi connectivity index (χ0n) is 11.0. The summed E-state index contributed by atoms with van der Waals surface area (Å²) in [5, 5.41) is 0.861. The van der Waals surface area contributed by atoms with Gasteiger partial charge in [0, 0.05) is 23.8 Å². The molecule has 2 nitrogen and oxygen atoms in total. The van der Waals surface area contributed by atoms with Crippen molar-refractivity contribution < 1.29 is 0 Å². The summed E-state index contributed by atoms with van der Waals surface area (Å²) in [6.07, 6.45) is 7.53. The van der Waals surface area contributed by atoms with Crippen molar-refractivity contribution in [2.45, 2.75) is 38.5 Å². The molecule has 1 aliphatic heterocycles. The van der Waals surface area contributed by atoms with Gasteiger partial charge in [0.2, 0.25) is 0 Å². The minimum atomic E-state index is 0.657. The van der Waals surface area contributed by atoms with Gasteiger partial charge in [-0.15, -0.1) is 0 Å². The van der Waals surface area contributed by atoms with Crippen LogP contribution in [0.25, 0.3) is 0 Å². The van der Waals surface area contributed by atoms with E-state index < -0.39 is 0 Å². The molecule has 1 aliphatic rings. The Bertz CT molecular complexity index is 371. The number of rotatable bonds is 3. The van der Waals surface area contributed by atoms with Crippen LogP contribution in [0.5, 0.6) is 0 Å². The van der Waals surface area contributed by atoms with E-state index in [9.17, 15) is 0 Å². The summed E-state index contributed by atoms with van der Waals surface area (Å²) in [5.41, 5.74) is 8.23. The van der Waals surface area contributed by atoms with Gasteiger partial charge >= 0.3 is 0 Å². The second kappa shape index (κ2) is 7.01. The number of nitrogens with zero attached hydrogens (tertiary/aromatic N) is 1. The average molecular weight is 267 g/mol. The molecule has 2 rings (SSSR count). The van der Waals surface area contributed by atoms with Crippen molar-refractivity contribution in [1.29, 1.82) is 0 Å². The average Bonchev–Trinajstić information content (AvgIpc) is 2.32. The molecule has 18 heavy (non-hydrogen) atoms. The lowest BCUT2D eigenvalue weighted by Crippen LogP contribution is -2.28. The quantitative estimate of drug-likeness (QED) is 0.906. The molecule has 0 atom stereocenters. The number of nitrogens with two attached hydrogens (primary N) is 1. The van der Waals surface area contributed by atoms with Gasteiger partial charge in [0.25, 0.3) is 0 Å². The lowest BCUT2D eigenvalue weighted by molar-refractivity contribution is 0.555. The largest absolute Gasteiger partial charge is 0.371 e. The summed E-state index contributed by atoms with van der Waals surface area (Å²) in [6, 6.07) is 6.22. The molecule has 0 bridgehead atoms. The van der Waals surface area contributed by atoms with Crippen molar-refractivity contribution in [2.75, 3.05) is 24.5 Å². The van der Waals surface area contributed by atoms with Crippen molar-refractivity contribution >= 4 is 17.3 Å². The van der Waals surface area contributed by atoms with Crippen LogP contribution in [0.4, 0.5) is 5.69 Å². The Balaban J connectivity index is 2.21. The fraction of sp³-hybridized carbons (Fsp3) is 0.600. The lowest BCUT2D eigenvalue weighted by atomic mass is 10.0. The standard InChI is InChI=1S/C15H23ClN2/c16-14-7-6-8-15(13(14)9-10-17)18-11-4-2-1-3-5-12-18/h6-8H,1-5,9-12,17H2. The minimum absolute atomic E-state index is 0.657. The molecule has 100 valence electrons. The molecular weight excluding hydrogens is 244 g/mol. The van der Waals surface area contributed by atoms with E-state index >= 15 is 0 Å². The van der Waals surface area contributed by atoms with Gasteiger partial charge in [-0.25, -0.2) is 0 Å². The molecule has 0 spiro atoms. The predicted octanol–water partition coefficient (Wildman–Crippen LogP) is 3.61. The smallest absolute Gasteiger partial charge is 0.0459 e. The van der Waals surface area contributed by atoms with Gasteiger partial charge in [0.15, 0.2) is 0 Å². The van der Waals surface area contributed by atoms with Gasteiger partial charge in [-0.1, -0.05) is 36.9 Å². The highest BCUT2D eigenvalue weighted by Gasteiger charge is 2.14. The maximum atomic E-state index is 6.32. The van der Waals surface area contributed by atoms with E-state index in [1.54, 1.807) is 0 Å². The van der Waals surface area contributed by atoms with Crippen molar-refractivity contribution in [3.05, 3.63) is 28.8 Å². The Morgan fingerprint density at radius 2 is 1.72 bits per heavy atom. The number of benzene rings is 1. The highest BCUT2D eigenvalue weighted by molar-refractivity contribution is 6.31. The fourth-order valence-corrected chi connectivity index (χ4v) is 2.99. The van der Waals surface area contributed by atoms with Gasteiger partial charge in [-0.05, 0) is 43.5 Å². The van der Waals surface area contributed by atoms with Crippen LogP contribution in [0, 0.1) is 0 Å². The minimum Gasteiger partial charge on any atom is -0.371 e. The first-order chi connectivity index (χ1) is 8.83. The Morgan fingerprint density at radius 1 is 1.06 bits per heavy atom. The van der Waals surface area contributed by atoms with Crippen LogP contribution in [0.1, 0.15) is 37.7 Å². The van der Waals surface area contributed by atoms with E-state index in [-0.39, 0.29) is 0 Å². The van der Waals surface area contributed by atoms with Gasteiger partial charge < -0.3 is 10.6 Å². The Labute approximate surface area is 115 Å². The van der Waals surface area contributed by atoms with Gasteiger partial charge in [-0.2, -0.15) is 0 Å². The molecule has 0 saturated carbocycles. The molecule has 1 fully saturated rings. The number of hydrogen-bond acceptors (Lipinski definition) is 2. The summed E-state index contributed by atoms with van der Waals surface area (Å²) in [5.74, 6) is 0. The van der Waals surface area contributed by atoms with Crippen LogP contribution >= 0.6 is 11.6 Å². The summed E-state index contributed by atoms with van der Waals surface area (Å²) >= 11 is 6.32. The van der Waals surface area contributed by atoms with E-state index in [0.29, 0.717) is 6.54 Å². The molecule has 0 radical (unpaired) electrons. The van der Waals surface area contributed by atoms with Gasteiger partial charge in [0.1, 0.15) is 0 Å². The monoisotopic (exact) mass is 266 g/mol. The molecule has 1 aromatic carbocycles. The number of anilines is 1. The Morgan fingerprint density at radius 3 is 2.39 bits per heavy atom. The third-order valence-electron chi connectivity index (χ3n) is 3.69. The van der Waals surface area contributed by atoms with Crippen molar-refractivity contribution in [2.24, 2.45) is 5.73 Å². The molecular formula is C15H23ClN2. The third-order valence-corrected chi connectivity index (χ3v) is 4.04. The summed E-state index contributed by atoms with van der Waals surface area (Å²) < 4.78 is 0. The van der Waals surface area contributed by atoms with Crippen LogP contribution in [0.15, 0.2) is 18.2 Å². The predicted molar refractivity (Wildman–Crippen MR) is 79.5 cm³/mol. The first-order valence-corrected chi connectivity index (χ1v) is 7.43. The summed E-state index contributed by atoms with van der Waals surface area (Å²) in [6.45, 7) is 2.96. The van der Waals surface area contributed by atoms with E-state index in [2.05, 4.69) is 17.0 Å². The zero-order chi connectivity index (χ0) is 12.8. The second-order valence-corrected chi connectivity index (χ2v) is 5.44. The molecule has 0 aliphatic carbocycles. The molecule has 0 amide bonds. The van der Waals surface area contributed by atoms with Crippen molar-refractivity contribution in [3.8, 4) is 0 Å². The maximum absolute atomic E-state index is 6.32. The van der Waals surface area contributed by atoms with E-state index in [1.165, 1.54) is 43.4 Å². The summed E-state index contributed by atoms with van der Waals surface area (Å²) in [4.78, 5) is 2.50. The third kappa shape index (κ3) is 3.39. The van der Waals surface area contributed by atoms with E-state index in [4.69, 9.17) is 17.3 Å². The first kappa shape index (κ1) is 13.7. The molecule has 1 heterocycles. The van der Waals surface area contributed by atoms with Crippen LogP contribution in [-0.2, 0) is 6.42 Å². The van der Waals surface area contributed by atoms with Crippen LogP contribution in [-0.4, -0.2) is 19.6 Å². The normalized spacial score (nSPS) is 17.3. The SMILES string of the molecule is NCCc1c(Cl)cccc1N1CCCCCCC1. The lowest BCUT2D eigenvalue weighted by Gasteiger charge is -2.29. The Kier molecular flexibility index (Phi) is 5.33. The molecule has 1 saturated heterocycles. The molecule has 0 aromatic heterocycles. The topological polar surface area (TPSA) is 29.3 Å². The summed E-state index contributed by atoms with van der Waals surface area (Å²) in [7, 11) is 0. The molecule has 0 unspecified atom stereocenters. The zero-order valence-corrected chi connectivity index (χ0v) is 11.8. The van der Waals surface area contributed by atoms with Crippen molar-refractivity contribution in [3.63, 3.8) is 0 Å². The van der Waals surface area contributed by atoms with E-state index in [1.807, 2.05) is 6.07 Å². The van der Waals surface area contributed by atoms with Crippen molar-refractivity contribution in [1.82, 2.24) is 0 Å². The van der Waals surface area contributed by atoms with Gasteiger partial charge in [0.05, 0.1) is 0 Å². The van der Waals surface area contributed by atoms with E-state index in [0.717, 1.165) is 24.5 Å². The molecule has 3 heteroatoms. The Hall–Kier alpha value is -0.730. The highest BCUT2D eigenvalue weighted by atomic mass is 35.5. The fourth-order valence-electron chi connectivity index (χ4n) is 2.72. The molecule has 2 N–H and O–H groups in total. The molecule has 1 aromatic rings. The van der Waals surface area contributed by atoms with Crippen LogP contribution in [0.3, 0.4) is 0 Å². The first-order valence-electron chi connectivity index (χ1n) is 7.05. The van der Waals surface area contributed by atoms with Gasteiger partial charge in [-0.3, -0.25) is 0 Å². The number of halogens is 1. The van der Waals surface area contributed by atoms with Crippen LogP contribution in [0.2, 0.25) is 5.02 Å². The second-order valence-electron chi connectivity index (χ2n) is 5.03. The maximum Gasteiger partial charge on any atom is 0.0459 e. The number of hydrogen-bond donors (Lipinski definition) is 1. The van der Waals surface area contributed by atoms with Crippen LogP contribution < -0.4 is 10.6 Å².